The van der Waals surface area contributed by atoms with E-state index in [-0.39, 0.29) is 6.17 Å². The van der Waals surface area contributed by atoms with E-state index in [1.165, 1.54) is 33.4 Å². The zero-order valence-corrected chi connectivity index (χ0v) is 15.8. The molecule has 2 heterocycles. The Balaban J connectivity index is 1.68. The van der Waals surface area contributed by atoms with Crippen molar-refractivity contribution in [2.45, 2.75) is 20.0 Å². The molecule has 0 radical (unpaired) electrons. The van der Waals surface area contributed by atoms with Gasteiger partial charge in [0.2, 0.25) is 0 Å². The summed E-state index contributed by atoms with van der Waals surface area (Å²) in [6.45, 7) is 4.45. The molecule has 134 valence electrons. The Morgan fingerprint density at radius 3 is 2.33 bits per heavy atom. The number of fused-ring (bicyclic) bond motifs is 3. The quantitative estimate of drug-likeness (QED) is 0.435. The average Bonchev–Trinajstić information content (AvgIpc) is 3.17. The van der Waals surface area contributed by atoms with Gasteiger partial charge in [-0.15, -0.1) is 0 Å². The van der Waals surface area contributed by atoms with Gasteiger partial charge < -0.3 is 14.2 Å². The highest BCUT2D eigenvalue weighted by molar-refractivity contribution is 6.05. The van der Waals surface area contributed by atoms with E-state index in [2.05, 4.69) is 91.4 Å². The van der Waals surface area contributed by atoms with Crippen molar-refractivity contribution in [2.75, 3.05) is 11.9 Å². The number of hydrogen-bond acceptors (Lipinski definition) is 3. The van der Waals surface area contributed by atoms with Crippen LogP contribution in [0.1, 0.15) is 19.4 Å². The molecule has 4 aromatic rings. The molecule has 0 spiro atoms. The molecule has 1 atom stereocenters. The van der Waals surface area contributed by atoms with Crippen LogP contribution >= 0.6 is 0 Å². The summed E-state index contributed by atoms with van der Waals surface area (Å²) in [5, 5.41) is 2.34. The second kappa shape index (κ2) is 5.92. The molecule has 0 saturated carbocycles. The molecule has 3 nitrogen and oxygen atoms in total. The van der Waals surface area contributed by atoms with Crippen LogP contribution in [0.3, 0.4) is 0 Å². The van der Waals surface area contributed by atoms with Crippen LogP contribution in [-0.4, -0.2) is 18.1 Å². The van der Waals surface area contributed by atoms with E-state index in [9.17, 15) is 0 Å². The van der Waals surface area contributed by atoms with Crippen molar-refractivity contribution in [3.8, 4) is 0 Å². The fourth-order valence-electron chi connectivity index (χ4n) is 4.29. The maximum Gasteiger partial charge on any atom is 0.135 e. The van der Waals surface area contributed by atoms with E-state index in [1.54, 1.807) is 0 Å². The van der Waals surface area contributed by atoms with Crippen molar-refractivity contribution in [3.05, 3.63) is 84.1 Å². The van der Waals surface area contributed by atoms with Gasteiger partial charge in [0.05, 0.1) is 5.70 Å². The summed E-state index contributed by atoms with van der Waals surface area (Å²) in [5.41, 5.74) is 6.85. The van der Waals surface area contributed by atoms with Crippen molar-refractivity contribution >= 4 is 33.3 Å². The number of anilines is 1. The van der Waals surface area contributed by atoms with Crippen LogP contribution < -0.4 is 4.90 Å². The standard InChI is InChI=1S/C24H22N2O/c1-16-24(25(3)17(2)26(16)19-9-5-4-6-10-19)18-13-14-23-21(15-18)20-11-7-8-12-22(20)27-23/h4-15,17H,1-3H3. The van der Waals surface area contributed by atoms with Crippen LogP contribution in [0.25, 0.3) is 27.6 Å². The molecule has 0 aliphatic carbocycles. The Morgan fingerprint density at radius 1 is 0.815 bits per heavy atom. The molecule has 0 fully saturated rings. The van der Waals surface area contributed by atoms with Gasteiger partial charge in [0.15, 0.2) is 0 Å². The number of rotatable bonds is 2. The Morgan fingerprint density at radius 2 is 1.52 bits per heavy atom. The van der Waals surface area contributed by atoms with Gasteiger partial charge in [-0.2, -0.15) is 0 Å². The van der Waals surface area contributed by atoms with Crippen LogP contribution in [0.4, 0.5) is 5.69 Å². The third-order valence-corrected chi connectivity index (χ3v) is 5.68. The van der Waals surface area contributed by atoms with Crippen molar-refractivity contribution < 1.29 is 4.42 Å². The maximum absolute atomic E-state index is 6.00. The molecular weight excluding hydrogens is 332 g/mol. The minimum Gasteiger partial charge on any atom is -0.456 e. The second-order valence-corrected chi connectivity index (χ2v) is 7.19. The number of nitrogens with zero attached hydrogens (tertiary/aromatic N) is 2. The largest absolute Gasteiger partial charge is 0.456 e. The summed E-state index contributed by atoms with van der Waals surface area (Å²) in [5.74, 6) is 0. The molecule has 1 aliphatic heterocycles. The first-order valence-corrected chi connectivity index (χ1v) is 9.35. The highest BCUT2D eigenvalue weighted by Gasteiger charge is 2.32. The fraction of sp³-hybridized carbons (Fsp3) is 0.167. The summed E-state index contributed by atoms with van der Waals surface area (Å²) in [6.07, 6.45) is 0.263. The van der Waals surface area contributed by atoms with Gasteiger partial charge in [-0.25, -0.2) is 0 Å². The van der Waals surface area contributed by atoms with Gasteiger partial charge in [-0.05, 0) is 50.2 Å². The van der Waals surface area contributed by atoms with Gasteiger partial charge in [-0.1, -0.05) is 36.4 Å². The predicted molar refractivity (Wildman–Crippen MR) is 112 cm³/mol. The van der Waals surface area contributed by atoms with Crippen molar-refractivity contribution in [1.82, 2.24) is 4.90 Å². The smallest absolute Gasteiger partial charge is 0.135 e. The molecule has 1 aromatic heterocycles. The third kappa shape index (κ3) is 2.35. The fourth-order valence-corrected chi connectivity index (χ4v) is 4.29. The van der Waals surface area contributed by atoms with Gasteiger partial charge in [-0.3, -0.25) is 0 Å². The highest BCUT2D eigenvalue weighted by atomic mass is 16.3. The lowest BCUT2D eigenvalue weighted by Crippen LogP contribution is -2.35. The number of benzene rings is 3. The van der Waals surface area contributed by atoms with E-state index in [4.69, 9.17) is 4.42 Å². The Kier molecular flexibility index (Phi) is 3.51. The summed E-state index contributed by atoms with van der Waals surface area (Å²) < 4.78 is 6.00. The summed E-state index contributed by atoms with van der Waals surface area (Å²) in [7, 11) is 2.17. The first-order chi connectivity index (χ1) is 13.1. The first kappa shape index (κ1) is 16.0. The van der Waals surface area contributed by atoms with Crippen LogP contribution in [0.15, 0.2) is 82.9 Å². The van der Waals surface area contributed by atoms with Gasteiger partial charge >= 0.3 is 0 Å². The van der Waals surface area contributed by atoms with E-state index >= 15 is 0 Å². The zero-order valence-electron chi connectivity index (χ0n) is 15.8. The molecule has 0 amide bonds. The number of allylic oxidation sites excluding steroid dienone is 1. The van der Waals surface area contributed by atoms with Crippen LogP contribution in [-0.2, 0) is 0 Å². The Labute approximate surface area is 159 Å². The normalized spacial score (nSPS) is 17.5. The van der Waals surface area contributed by atoms with Gasteiger partial charge in [0.1, 0.15) is 17.3 Å². The van der Waals surface area contributed by atoms with Crippen molar-refractivity contribution in [2.24, 2.45) is 0 Å². The van der Waals surface area contributed by atoms with Crippen LogP contribution in [0.2, 0.25) is 0 Å². The molecule has 0 N–H and O–H groups in total. The van der Waals surface area contributed by atoms with Crippen molar-refractivity contribution in [1.29, 1.82) is 0 Å². The Bertz CT molecular complexity index is 1170. The number of furan rings is 1. The molecule has 0 bridgehead atoms. The lowest BCUT2D eigenvalue weighted by Gasteiger charge is -2.29. The van der Waals surface area contributed by atoms with E-state index < -0.39 is 0 Å². The van der Waals surface area contributed by atoms with E-state index in [0.29, 0.717) is 0 Å². The monoisotopic (exact) mass is 354 g/mol. The molecule has 5 rings (SSSR count). The maximum atomic E-state index is 6.00. The molecule has 27 heavy (non-hydrogen) atoms. The second-order valence-electron chi connectivity index (χ2n) is 7.19. The lowest BCUT2D eigenvalue weighted by atomic mass is 10.1. The molecule has 1 aliphatic rings. The lowest BCUT2D eigenvalue weighted by molar-refractivity contribution is 0.398. The third-order valence-electron chi connectivity index (χ3n) is 5.68. The topological polar surface area (TPSA) is 19.6 Å². The minimum absolute atomic E-state index is 0.263. The van der Waals surface area contributed by atoms with E-state index in [1.807, 2.05) is 12.1 Å². The zero-order chi connectivity index (χ0) is 18.5. The summed E-state index contributed by atoms with van der Waals surface area (Å²) in [4.78, 5) is 4.75. The van der Waals surface area contributed by atoms with Crippen LogP contribution in [0, 0.1) is 0 Å². The van der Waals surface area contributed by atoms with Gasteiger partial charge in [0.25, 0.3) is 0 Å². The number of hydrogen-bond donors (Lipinski definition) is 0. The van der Waals surface area contributed by atoms with E-state index in [0.717, 1.165) is 11.2 Å². The summed E-state index contributed by atoms with van der Waals surface area (Å²) >= 11 is 0. The molecule has 1 unspecified atom stereocenters. The molecule has 0 saturated heterocycles. The summed E-state index contributed by atoms with van der Waals surface area (Å²) in [6, 6.07) is 25.3. The molecular formula is C24H22N2O. The number of para-hydroxylation sites is 2. The SMILES string of the molecule is CC1=C(c2ccc3oc4ccccc4c3c2)N(C)C(C)N1c1ccccc1. The Hall–Kier alpha value is -3.20. The van der Waals surface area contributed by atoms with Gasteiger partial charge in [0, 0.05) is 34.8 Å². The highest BCUT2D eigenvalue weighted by Crippen LogP contribution is 2.39. The minimum atomic E-state index is 0.263. The predicted octanol–water partition coefficient (Wildman–Crippen LogP) is 6.07. The van der Waals surface area contributed by atoms with Crippen molar-refractivity contribution in [3.63, 3.8) is 0 Å². The molecule has 3 aromatic carbocycles. The first-order valence-electron chi connectivity index (χ1n) is 9.35. The average molecular weight is 354 g/mol. The van der Waals surface area contributed by atoms with Crippen LogP contribution in [0.5, 0.6) is 0 Å². The molecule has 3 heteroatoms.